The Morgan fingerprint density at radius 1 is 1.15 bits per heavy atom. The Morgan fingerprint density at radius 2 is 1.75 bits per heavy atom. The number of hydrogen-bond acceptors (Lipinski definition) is 2. The lowest BCUT2D eigenvalue weighted by atomic mass is 9.72. The summed E-state index contributed by atoms with van der Waals surface area (Å²) in [5.74, 6) is 0.931. The van der Waals surface area contributed by atoms with Gasteiger partial charge >= 0.3 is 0 Å². The van der Waals surface area contributed by atoms with Gasteiger partial charge in [-0.3, -0.25) is 0 Å². The first kappa shape index (κ1) is 15.4. The summed E-state index contributed by atoms with van der Waals surface area (Å²) in [7, 11) is 1.73. The lowest BCUT2D eigenvalue weighted by molar-refractivity contribution is 0.283. The number of nitrogens with two attached hydrogens (primary N) is 1. The molecule has 0 saturated heterocycles. The lowest BCUT2D eigenvalue weighted by Crippen LogP contribution is -2.26. The molecule has 2 N–H and O–H groups in total. The Hall–Kier alpha value is -1.02. The van der Waals surface area contributed by atoms with E-state index in [9.17, 15) is 0 Å². The second-order valence-corrected chi connectivity index (χ2v) is 8.19. The Morgan fingerprint density at radius 3 is 2.20 bits per heavy atom. The second-order valence-electron chi connectivity index (χ2n) is 8.19. The summed E-state index contributed by atoms with van der Waals surface area (Å²) >= 11 is 0. The molecule has 1 saturated carbocycles. The van der Waals surface area contributed by atoms with Crippen LogP contribution in [0.15, 0.2) is 18.2 Å². The van der Waals surface area contributed by atoms with Crippen LogP contribution in [0.3, 0.4) is 0 Å². The molecule has 2 heteroatoms. The standard InChI is InChI=1S/C18H29NO/c1-16(2,3)12-17(4,5)13-7-8-15(20-6)14(11-13)18(19)9-10-18/h7-8,11H,9-10,12,19H2,1-6H3. The first-order chi connectivity index (χ1) is 9.07. The Balaban J connectivity index is 2.38. The van der Waals surface area contributed by atoms with Gasteiger partial charge in [0.2, 0.25) is 0 Å². The molecule has 0 spiro atoms. The molecule has 1 fully saturated rings. The molecular formula is C18H29NO. The average molecular weight is 275 g/mol. The molecule has 0 aromatic heterocycles. The van der Waals surface area contributed by atoms with E-state index >= 15 is 0 Å². The molecule has 0 radical (unpaired) electrons. The highest BCUT2D eigenvalue weighted by molar-refractivity contribution is 5.46. The third kappa shape index (κ3) is 3.17. The lowest BCUT2D eigenvalue weighted by Gasteiger charge is -2.33. The zero-order chi connectivity index (χ0) is 15.2. The minimum atomic E-state index is -0.154. The molecule has 1 aromatic carbocycles. The molecule has 0 aliphatic heterocycles. The van der Waals surface area contributed by atoms with Crippen LogP contribution in [0.5, 0.6) is 5.75 Å². The van der Waals surface area contributed by atoms with Crippen LogP contribution in [0.2, 0.25) is 0 Å². The Bertz CT molecular complexity index is 493. The maximum Gasteiger partial charge on any atom is 0.123 e. The highest BCUT2D eigenvalue weighted by Gasteiger charge is 2.43. The second kappa shape index (κ2) is 4.77. The number of rotatable bonds is 4. The molecule has 1 aliphatic carbocycles. The normalized spacial score (nSPS) is 17.9. The van der Waals surface area contributed by atoms with Crippen molar-refractivity contribution in [3.63, 3.8) is 0 Å². The van der Waals surface area contributed by atoms with Gasteiger partial charge in [-0.05, 0) is 47.8 Å². The van der Waals surface area contributed by atoms with E-state index in [1.807, 2.05) is 0 Å². The van der Waals surface area contributed by atoms with Gasteiger partial charge < -0.3 is 10.5 Å². The predicted octanol–water partition coefficient (Wildman–Crippen LogP) is 4.36. The van der Waals surface area contributed by atoms with Crippen molar-refractivity contribution in [2.75, 3.05) is 7.11 Å². The van der Waals surface area contributed by atoms with Crippen molar-refractivity contribution >= 4 is 0 Å². The van der Waals surface area contributed by atoms with Gasteiger partial charge in [0.1, 0.15) is 5.75 Å². The van der Waals surface area contributed by atoms with E-state index in [0.29, 0.717) is 5.41 Å². The van der Waals surface area contributed by atoms with Crippen LogP contribution in [0.25, 0.3) is 0 Å². The van der Waals surface area contributed by atoms with Crippen LogP contribution in [0.4, 0.5) is 0 Å². The third-order valence-corrected chi connectivity index (χ3v) is 4.28. The maximum atomic E-state index is 6.40. The first-order valence-electron chi connectivity index (χ1n) is 7.55. The number of hydrogen-bond donors (Lipinski definition) is 1. The van der Waals surface area contributed by atoms with Gasteiger partial charge in [-0.25, -0.2) is 0 Å². The SMILES string of the molecule is COc1ccc(C(C)(C)CC(C)(C)C)cc1C1(N)CC1. The van der Waals surface area contributed by atoms with Crippen LogP contribution >= 0.6 is 0 Å². The van der Waals surface area contributed by atoms with Crippen LogP contribution in [-0.2, 0) is 11.0 Å². The van der Waals surface area contributed by atoms with E-state index < -0.39 is 0 Å². The Labute approximate surface area is 123 Å². The maximum absolute atomic E-state index is 6.40. The van der Waals surface area contributed by atoms with Crippen molar-refractivity contribution in [3.8, 4) is 5.75 Å². The Kier molecular flexibility index (Phi) is 3.66. The molecule has 0 atom stereocenters. The van der Waals surface area contributed by atoms with Crippen LogP contribution < -0.4 is 10.5 Å². The molecular weight excluding hydrogens is 246 g/mol. The molecule has 0 bridgehead atoms. The molecule has 1 aromatic rings. The van der Waals surface area contributed by atoms with Crippen molar-refractivity contribution in [2.24, 2.45) is 11.1 Å². The zero-order valence-electron chi connectivity index (χ0n) is 13.8. The summed E-state index contributed by atoms with van der Waals surface area (Å²) in [6.07, 6.45) is 3.27. The number of benzene rings is 1. The van der Waals surface area contributed by atoms with E-state index in [0.717, 1.165) is 25.0 Å². The topological polar surface area (TPSA) is 35.2 Å². The summed E-state index contributed by atoms with van der Waals surface area (Å²) in [4.78, 5) is 0. The largest absolute Gasteiger partial charge is 0.496 e. The van der Waals surface area contributed by atoms with Gasteiger partial charge in [-0.15, -0.1) is 0 Å². The van der Waals surface area contributed by atoms with Crippen molar-refractivity contribution in [1.29, 1.82) is 0 Å². The summed E-state index contributed by atoms with van der Waals surface area (Å²) in [5.41, 5.74) is 9.24. The average Bonchev–Trinajstić information content (AvgIpc) is 3.04. The summed E-state index contributed by atoms with van der Waals surface area (Å²) in [6.45, 7) is 11.5. The quantitative estimate of drug-likeness (QED) is 0.886. The minimum absolute atomic E-state index is 0.143. The van der Waals surface area contributed by atoms with E-state index in [2.05, 4.69) is 52.8 Å². The van der Waals surface area contributed by atoms with Gasteiger partial charge in [-0.1, -0.05) is 40.7 Å². The smallest absolute Gasteiger partial charge is 0.123 e. The highest BCUT2D eigenvalue weighted by Crippen LogP contribution is 2.48. The summed E-state index contributed by atoms with van der Waals surface area (Å²) in [5, 5.41) is 0. The minimum Gasteiger partial charge on any atom is -0.496 e. The summed E-state index contributed by atoms with van der Waals surface area (Å²) < 4.78 is 5.50. The van der Waals surface area contributed by atoms with Gasteiger partial charge in [0.15, 0.2) is 0 Å². The van der Waals surface area contributed by atoms with E-state index in [-0.39, 0.29) is 11.0 Å². The summed E-state index contributed by atoms with van der Waals surface area (Å²) in [6, 6.07) is 6.55. The third-order valence-electron chi connectivity index (χ3n) is 4.28. The molecule has 2 rings (SSSR count). The van der Waals surface area contributed by atoms with E-state index in [1.165, 1.54) is 11.1 Å². The van der Waals surface area contributed by atoms with Gasteiger partial charge in [0.05, 0.1) is 7.11 Å². The molecule has 0 unspecified atom stereocenters. The van der Waals surface area contributed by atoms with Crippen molar-refractivity contribution < 1.29 is 4.74 Å². The van der Waals surface area contributed by atoms with Crippen molar-refractivity contribution in [3.05, 3.63) is 29.3 Å². The van der Waals surface area contributed by atoms with E-state index in [1.54, 1.807) is 7.11 Å². The zero-order valence-corrected chi connectivity index (χ0v) is 13.8. The fraction of sp³-hybridized carbons (Fsp3) is 0.667. The van der Waals surface area contributed by atoms with Crippen LogP contribution in [-0.4, -0.2) is 7.11 Å². The first-order valence-corrected chi connectivity index (χ1v) is 7.55. The van der Waals surface area contributed by atoms with Crippen molar-refractivity contribution in [1.82, 2.24) is 0 Å². The van der Waals surface area contributed by atoms with Gasteiger partial charge in [0.25, 0.3) is 0 Å². The molecule has 0 heterocycles. The fourth-order valence-electron chi connectivity index (χ4n) is 3.35. The van der Waals surface area contributed by atoms with Crippen LogP contribution in [0.1, 0.15) is 65.0 Å². The number of methoxy groups -OCH3 is 1. The predicted molar refractivity (Wildman–Crippen MR) is 85.2 cm³/mol. The van der Waals surface area contributed by atoms with Crippen LogP contribution in [0, 0.1) is 5.41 Å². The highest BCUT2D eigenvalue weighted by atomic mass is 16.5. The molecule has 0 amide bonds. The van der Waals surface area contributed by atoms with Gasteiger partial charge in [0, 0.05) is 11.1 Å². The number of ether oxygens (including phenoxy) is 1. The molecule has 20 heavy (non-hydrogen) atoms. The van der Waals surface area contributed by atoms with Gasteiger partial charge in [-0.2, -0.15) is 0 Å². The molecule has 2 nitrogen and oxygen atoms in total. The molecule has 1 aliphatic rings. The van der Waals surface area contributed by atoms with Crippen molar-refractivity contribution in [2.45, 2.75) is 64.8 Å². The van der Waals surface area contributed by atoms with E-state index in [4.69, 9.17) is 10.5 Å². The molecule has 112 valence electrons. The monoisotopic (exact) mass is 275 g/mol. The fourth-order valence-corrected chi connectivity index (χ4v) is 3.35.